The predicted molar refractivity (Wildman–Crippen MR) is 76.1 cm³/mol. The third-order valence-electron chi connectivity index (χ3n) is 2.70. The summed E-state index contributed by atoms with van der Waals surface area (Å²) in [6.45, 7) is 1.70. The fourth-order valence-electron chi connectivity index (χ4n) is 1.76. The summed E-state index contributed by atoms with van der Waals surface area (Å²) in [7, 11) is 0. The molecule has 0 fully saturated rings. The van der Waals surface area contributed by atoms with Gasteiger partial charge in [-0.15, -0.1) is 0 Å². The Balaban J connectivity index is 0.000000677. The first-order valence-electron chi connectivity index (χ1n) is 5.90. The fraction of sp³-hybridized carbons (Fsp3) is 0.0667. The van der Waals surface area contributed by atoms with E-state index in [-0.39, 0.29) is 11.5 Å². The Morgan fingerprint density at radius 3 is 2.24 bits per heavy atom. The van der Waals surface area contributed by atoms with Crippen LogP contribution in [0.15, 0.2) is 48.5 Å². The second kappa shape index (κ2) is 7.47. The summed E-state index contributed by atoms with van der Waals surface area (Å²) in [5.41, 5.74) is 1.68. The SMILES string of the molecule is Cc1cc([N+](=O)[O-])ccc1C(=O)c1ccccc1.N=C=O. The zero-order chi connectivity index (χ0) is 15.8. The Morgan fingerprint density at radius 1 is 1.19 bits per heavy atom. The average molecular weight is 284 g/mol. The van der Waals surface area contributed by atoms with Crippen molar-refractivity contribution >= 4 is 17.6 Å². The number of nitrogens with one attached hydrogen (secondary N) is 1. The number of nitro benzene ring substituents is 1. The van der Waals surface area contributed by atoms with E-state index in [1.807, 2.05) is 6.07 Å². The largest absolute Gasteiger partial charge is 0.289 e. The lowest BCUT2D eigenvalue weighted by molar-refractivity contribution is -0.384. The van der Waals surface area contributed by atoms with Crippen LogP contribution in [0.25, 0.3) is 0 Å². The number of hydrogen-bond donors (Lipinski definition) is 1. The Hall–Kier alpha value is -3.11. The van der Waals surface area contributed by atoms with Crippen LogP contribution in [0, 0.1) is 22.4 Å². The molecule has 6 heteroatoms. The standard InChI is InChI=1S/C14H11NO3.CHNO/c1-10-9-12(15(17)18)7-8-13(10)14(16)11-5-3-2-4-6-11;2-1-3/h2-9H,1H3;2H. The molecule has 0 atom stereocenters. The lowest BCUT2D eigenvalue weighted by Gasteiger charge is -2.04. The van der Waals surface area contributed by atoms with Crippen molar-refractivity contribution in [3.63, 3.8) is 0 Å². The van der Waals surface area contributed by atoms with Crippen LogP contribution in [-0.4, -0.2) is 16.8 Å². The van der Waals surface area contributed by atoms with Crippen LogP contribution in [0.2, 0.25) is 0 Å². The molecule has 6 nitrogen and oxygen atoms in total. The number of carbonyl (C=O) groups excluding carboxylic acids is 2. The molecule has 0 bridgehead atoms. The summed E-state index contributed by atoms with van der Waals surface area (Å²) in [6.07, 6.45) is 0.750. The van der Waals surface area contributed by atoms with Gasteiger partial charge in [0.2, 0.25) is 6.08 Å². The van der Waals surface area contributed by atoms with Crippen molar-refractivity contribution in [1.29, 1.82) is 5.41 Å². The smallest absolute Gasteiger partial charge is 0.269 e. The second-order valence-electron chi connectivity index (χ2n) is 4.05. The maximum absolute atomic E-state index is 12.2. The molecule has 0 aliphatic heterocycles. The third-order valence-corrected chi connectivity index (χ3v) is 2.70. The minimum atomic E-state index is -0.468. The van der Waals surface area contributed by atoms with E-state index in [4.69, 9.17) is 10.2 Å². The molecule has 0 aliphatic carbocycles. The summed E-state index contributed by atoms with van der Waals surface area (Å²) in [6, 6.07) is 13.1. The molecule has 0 aromatic heterocycles. The van der Waals surface area contributed by atoms with E-state index >= 15 is 0 Å². The van der Waals surface area contributed by atoms with Crippen LogP contribution in [-0.2, 0) is 4.79 Å². The van der Waals surface area contributed by atoms with Crippen molar-refractivity contribution in [2.45, 2.75) is 6.92 Å². The molecule has 0 heterocycles. The molecule has 2 rings (SSSR count). The van der Waals surface area contributed by atoms with E-state index in [0.717, 1.165) is 6.08 Å². The molecule has 2 aromatic rings. The number of nitrogens with zero attached hydrogens (tertiary/aromatic N) is 1. The zero-order valence-electron chi connectivity index (χ0n) is 11.2. The van der Waals surface area contributed by atoms with Gasteiger partial charge in [0.15, 0.2) is 5.78 Å². The highest BCUT2D eigenvalue weighted by molar-refractivity contribution is 6.09. The van der Waals surface area contributed by atoms with E-state index in [9.17, 15) is 14.9 Å². The summed E-state index contributed by atoms with van der Waals surface area (Å²) in [5.74, 6) is -0.122. The molecule has 0 aliphatic rings. The van der Waals surface area contributed by atoms with Crippen molar-refractivity contribution in [2.75, 3.05) is 0 Å². The number of hydrogen-bond acceptors (Lipinski definition) is 5. The maximum atomic E-state index is 12.2. The van der Waals surface area contributed by atoms with Gasteiger partial charge in [-0.2, -0.15) is 0 Å². The zero-order valence-corrected chi connectivity index (χ0v) is 11.2. The quantitative estimate of drug-likeness (QED) is 0.307. The summed E-state index contributed by atoms with van der Waals surface area (Å²) < 4.78 is 0. The van der Waals surface area contributed by atoms with Crippen LogP contribution < -0.4 is 0 Å². The summed E-state index contributed by atoms with van der Waals surface area (Å²) >= 11 is 0. The van der Waals surface area contributed by atoms with Crippen molar-refractivity contribution in [1.82, 2.24) is 0 Å². The highest BCUT2D eigenvalue weighted by Gasteiger charge is 2.14. The molecule has 0 amide bonds. The number of nitro groups is 1. The Labute approximate surface area is 120 Å². The Morgan fingerprint density at radius 2 is 1.76 bits per heavy atom. The molecule has 106 valence electrons. The van der Waals surface area contributed by atoms with Gasteiger partial charge in [-0.1, -0.05) is 30.3 Å². The monoisotopic (exact) mass is 284 g/mol. The van der Waals surface area contributed by atoms with E-state index in [1.165, 1.54) is 18.2 Å². The van der Waals surface area contributed by atoms with E-state index in [1.54, 1.807) is 31.2 Å². The first-order valence-corrected chi connectivity index (χ1v) is 5.90. The van der Waals surface area contributed by atoms with Gasteiger partial charge in [0.05, 0.1) is 4.92 Å². The predicted octanol–water partition coefficient (Wildman–Crippen LogP) is 3.04. The number of carbonyl (C=O) groups is 1. The molecule has 0 radical (unpaired) electrons. The highest BCUT2D eigenvalue weighted by atomic mass is 16.6. The molecule has 0 saturated carbocycles. The van der Waals surface area contributed by atoms with Gasteiger partial charge < -0.3 is 0 Å². The first kappa shape index (κ1) is 15.9. The third kappa shape index (κ3) is 4.19. The topological polar surface area (TPSA) is 101 Å². The number of rotatable bonds is 3. The van der Waals surface area contributed by atoms with Crippen LogP contribution in [0.5, 0.6) is 0 Å². The molecule has 1 N–H and O–H groups in total. The molecule has 0 unspecified atom stereocenters. The fourth-order valence-corrected chi connectivity index (χ4v) is 1.76. The Kier molecular flexibility index (Phi) is 5.67. The number of aryl methyl sites for hydroxylation is 1. The average Bonchev–Trinajstić information content (AvgIpc) is 2.48. The molecule has 21 heavy (non-hydrogen) atoms. The molecule has 0 saturated heterocycles. The second-order valence-corrected chi connectivity index (χ2v) is 4.05. The number of non-ortho nitro benzene ring substituents is 1. The molecular formula is C15H12N2O4. The van der Waals surface area contributed by atoms with Gasteiger partial charge in [-0.25, -0.2) is 10.2 Å². The van der Waals surface area contributed by atoms with Gasteiger partial charge in [0.25, 0.3) is 5.69 Å². The van der Waals surface area contributed by atoms with Gasteiger partial charge in [0, 0.05) is 23.3 Å². The minimum Gasteiger partial charge on any atom is -0.289 e. The van der Waals surface area contributed by atoms with Crippen LogP contribution in [0.1, 0.15) is 21.5 Å². The van der Waals surface area contributed by atoms with E-state index in [2.05, 4.69) is 0 Å². The number of ketones is 1. The van der Waals surface area contributed by atoms with Crippen molar-refractivity contribution in [3.05, 3.63) is 75.3 Å². The minimum absolute atomic E-state index is 0.00267. The van der Waals surface area contributed by atoms with Crippen molar-refractivity contribution in [2.24, 2.45) is 0 Å². The summed E-state index contributed by atoms with van der Waals surface area (Å²) in [4.78, 5) is 30.7. The lowest BCUT2D eigenvalue weighted by Crippen LogP contribution is -2.04. The Bertz CT molecular complexity index is 690. The molecule has 2 aromatic carbocycles. The van der Waals surface area contributed by atoms with Gasteiger partial charge in [-0.05, 0) is 18.6 Å². The normalized spacial score (nSPS) is 9.00. The van der Waals surface area contributed by atoms with Gasteiger partial charge in [-0.3, -0.25) is 14.9 Å². The van der Waals surface area contributed by atoms with Crippen LogP contribution >= 0.6 is 0 Å². The van der Waals surface area contributed by atoms with Crippen LogP contribution in [0.4, 0.5) is 5.69 Å². The van der Waals surface area contributed by atoms with Gasteiger partial charge >= 0.3 is 0 Å². The number of benzene rings is 2. The van der Waals surface area contributed by atoms with E-state index < -0.39 is 4.92 Å². The highest BCUT2D eigenvalue weighted by Crippen LogP contribution is 2.19. The maximum Gasteiger partial charge on any atom is 0.269 e. The number of isocyanates is 1. The first-order chi connectivity index (χ1) is 10.0. The molecule has 0 spiro atoms. The lowest BCUT2D eigenvalue weighted by atomic mass is 9.99. The summed E-state index contributed by atoms with van der Waals surface area (Å²) in [5, 5.41) is 16.0. The van der Waals surface area contributed by atoms with E-state index in [0.29, 0.717) is 16.7 Å². The van der Waals surface area contributed by atoms with Gasteiger partial charge in [0.1, 0.15) is 0 Å². The van der Waals surface area contributed by atoms with Crippen molar-refractivity contribution in [3.8, 4) is 0 Å². The molecular weight excluding hydrogens is 272 g/mol. The van der Waals surface area contributed by atoms with Crippen LogP contribution in [0.3, 0.4) is 0 Å². The van der Waals surface area contributed by atoms with Crippen molar-refractivity contribution < 1.29 is 14.5 Å².